The van der Waals surface area contributed by atoms with E-state index in [1.807, 2.05) is 6.07 Å². The predicted octanol–water partition coefficient (Wildman–Crippen LogP) is 3.72. The number of aromatic nitrogens is 2. The Balaban J connectivity index is 2.64. The van der Waals surface area contributed by atoms with Gasteiger partial charge in [0, 0.05) is 11.8 Å². The van der Waals surface area contributed by atoms with Crippen molar-refractivity contribution in [3.63, 3.8) is 0 Å². The van der Waals surface area contributed by atoms with Gasteiger partial charge in [0.05, 0.1) is 5.69 Å². The van der Waals surface area contributed by atoms with Crippen molar-refractivity contribution in [2.75, 3.05) is 0 Å². The summed E-state index contributed by atoms with van der Waals surface area (Å²) in [5, 5.41) is 0.289. The molecule has 0 N–H and O–H groups in total. The second kappa shape index (κ2) is 4.22. The molecular formula is C13H13ClN2. The van der Waals surface area contributed by atoms with Crippen LogP contribution in [0.3, 0.4) is 0 Å². The van der Waals surface area contributed by atoms with Gasteiger partial charge in [-0.1, -0.05) is 17.7 Å². The number of nitrogens with zero attached hydrogens (tertiary/aromatic N) is 2. The fourth-order valence-corrected chi connectivity index (χ4v) is 2.21. The van der Waals surface area contributed by atoms with Crippen molar-refractivity contribution in [3.05, 3.63) is 46.4 Å². The second-order valence-electron chi connectivity index (χ2n) is 3.98. The minimum Gasteiger partial charge on any atom is -0.226 e. The number of aryl methyl sites for hydroxylation is 3. The molecule has 3 heteroatoms. The Labute approximate surface area is 100 Å². The fourth-order valence-electron chi connectivity index (χ4n) is 2.06. The molecule has 0 saturated heterocycles. The molecule has 0 radical (unpaired) electrons. The Kier molecular flexibility index (Phi) is 2.92. The topological polar surface area (TPSA) is 25.8 Å². The van der Waals surface area contributed by atoms with Crippen LogP contribution in [0.5, 0.6) is 0 Å². The first-order valence-corrected chi connectivity index (χ1v) is 5.52. The van der Waals surface area contributed by atoms with Crippen LogP contribution in [0.2, 0.25) is 5.28 Å². The summed E-state index contributed by atoms with van der Waals surface area (Å²) in [6.45, 7) is 6.27. The van der Waals surface area contributed by atoms with E-state index in [-0.39, 0.29) is 5.28 Å². The molecule has 0 aliphatic rings. The Morgan fingerprint density at radius 1 is 1.06 bits per heavy atom. The molecule has 16 heavy (non-hydrogen) atoms. The molecule has 0 spiro atoms. The molecule has 0 saturated carbocycles. The van der Waals surface area contributed by atoms with Crippen LogP contribution in [-0.4, -0.2) is 9.97 Å². The van der Waals surface area contributed by atoms with Crippen LogP contribution < -0.4 is 0 Å². The van der Waals surface area contributed by atoms with Crippen molar-refractivity contribution < 1.29 is 0 Å². The van der Waals surface area contributed by atoms with Crippen LogP contribution >= 0.6 is 11.6 Å². The molecule has 0 fully saturated rings. The standard InChI is InChI=1S/C13H13ClN2/c1-8-6-9(2)12(10(3)7-8)11-4-5-15-13(14)16-11/h4-7H,1-3H3. The molecule has 0 atom stereocenters. The maximum atomic E-state index is 5.81. The van der Waals surface area contributed by atoms with Gasteiger partial charge in [-0.05, 0) is 49.6 Å². The molecular weight excluding hydrogens is 220 g/mol. The van der Waals surface area contributed by atoms with Crippen LogP contribution in [0.25, 0.3) is 11.3 Å². The Morgan fingerprint density at radius 3 is 2.25 bits per heavy atom. The second-order valence-corrected chi connectivity index (χ2v) is 4.32. The molecule has 0 aliphatic carbocycles. The SMILES string of the molecule is Cc1cc(C)c(-c2ccnc(Cl)n2)c(C)c1. The van der Waals surface area contributed by atoms with Gasteiger partial charge in [-0.3, -0.25) is 0 Å². The summed E-state index contributed by atoms with van der Waals surface area (Å²) in [6.07, 6.45) is 1.68. The molecule has 2 aromatic rings. The molecule has 1 aromatic heterocycles. The van der Waals surface area contributed by atoms with Crippen molar-refractivity contribution in [1.29, 1.82) is 0 Å². The molecule has 0 amide bonds. The van der Waals surface area contributed by atoms with E-state index in [9.17, 15) is 0 Å². The lowest BCUT2D eigenvalue weighted by Crippen LogP contribution is -1.93. The van der Waals surface area contributed by atoms with Gasteiger partial charge < -0.3 is 0 Å². The van der Waals surface area contributed by atoms with E-state index in [1.54, 1.807) is 6.20 Å². The average molecular weight is 233 g/mol. The monoisotopic (exact) mass is 232 g/mol. The quantitative estimate of drug-likeness (QED) is 0.701. The maximum Gasteiger partial charge on any atom is 0.222 e. The summed E-state index contributed by atoms with van der Waals surface area (Å²) >= 11 is 5.81. The first-order chi connectivity index (χ1) is 7.58. The third kappa shape index (κ3) is 2.07. The van der Waals surface area contributed by atoms with Gasteiger partial charge in [-0.25, -0.2) is 9.97 Å². The van der Waals surface area contributed by atoms with Crippen molar-refractivity contribution in [2.24, 2.45) is 0 Å². The predicted molar refractivity (Wildman–Crippen MR) is 66.7 cm³/mol. The zero-order chi connectivity index (χ0) is 11.7. The molecule has 0 aliphatic heterocycles. The molecule has 2 nitrogen and oxygen atoms in total. The molecule has 1 aromatic carbocycles. The van der Waals surface area contributed by atoms with Gasteiger partial charge in [0.15, 0.2) is 0 Å². The summed E-state index contributed by atoms with van der Waals surface area (Å²) in [5.41, 5.74) is 5.73. The number of hydrogen-bond donors (Lipinski definition) is 0. The molecule has 82 valence electrons. The van der Waals surface area contributed by atoms with E-state index in [0.717, 1.165) is 11.3 Å². The van der Waals surface area contributed by atoms with Gasteiger partial charge in [0.2, 0.25) is 5.28 Å². The van der Waals surface area contributed by atoms with Gasteiger partial charge >= 0.3 is 0 Å². The van der Waals surface area contributed by atoms with Gasteiger partial charge in [0.1, 0.15) is 0 Å². The summed E-state index contributed by atoms with van der Waals surface area (Å²) in [6, 6.07) is 6.19. The normalized spacial score (nSPS) is 10.5. The van der Waals surface area contributed by atoms with E-state index in [4.69, 9.17) is 11.6 Å². The van der Waals surface area contributed by atoms with Crippen LogP contribution in [0.15, 0.2) is 24.4 Å². The first-order valence-electron chi connectivity index (χ1n) is 5.14. The van der Waals surface area contributed by atoms with Crippen LogP contribution in [0.4, 0.5) is 0 Å². The van der Waals surface area contributed by atoms with E-state index < -0.39 is 0 Å². The van der Waals surface area contributed by atoms with Crippen molar-refractivity contribution >= 4 is 11.6 Å². The zero-order valence-corrected chi connectivity index (χ0v) is 10.3. The molecule has 2 rings (SSSR count). The van der Waals surface area contributed by atoms with Gasteiger partial charge in [-0.2, -0.15) is 0 Å². The minimum atomic E-state index is 0.289. The van der Waals surface area contributed by atoms with Gasteiger partial charge in [0.25, 0.3) is 0 Å². The minimum absolute atomic E-state index is 0.289. The lowest BCUT2D eigenvalue weighted by molar-refractivity contribution is 1.16. The van der Waals surface area contributed by atoms with E-state index in [0.29, 0.717) is 0 Å². The summed E-state index contributed by atoms with van der Waals surface area (Å²) in [5.74, 6) is 0. The van der Waals surface area contributed by atoms with E-state index in [2.05, 4.69) is 42.9 Å². The molecule has 1 heterocycles. The van der Waals surface area contributed by atoms with E-state index in [1.165, 1.54) is 16.7 Å². The highest BCUT2D eigenvalue weighted by Crippen LogP contribution is 2.26. The number of rotatable bonds is 1. The summed E-state index contributed by atoms with van der Waals surface area (Å²) < 4.78 is 0. The summed E-state index contributed by atoms with van der Waals surface area (Å²) in [4.78, 5) is 8.15. The lowest BCUT2D eigenvalue weighted by atomic mass is 9.97. The number of halogens is 1. The highest BCUT2D eigenvalue weighted by Gasteiger charge is 2.08. The summed E-state index contributed by atoms with van der Waals surface area (Å²) in [7, 11) is 0. The first kappa shape index (κ1) is 11.1. The average Bonchev–Trinajstić information content (AvgIpc) is 2.15. The number of hydrogen-bond acceptors (Lipinski definition) is 2. The third-order valence-corrected chi connectivity index (χ3v) is 2.74. The van der Waals surface area contributed by atoms with Crippen LogP contribution in [-0.2, 0) is 0 Å². The fraction of sp³-hybridized carbons (Fsp3) is 0.231. The Morgan fingerprint density at radius 2 is 1.69 bits per heavy atom. The zero-order valence-electron chi connectivity index (χ0n) is 9.58. The van der Waals surface area contributed by atoms with Crippen LogP contribution in [0.1, 0.15) is 16.7 Å². The molecule has 0 unspecified atom stereocenters. The van der Waals surface area contributed by atoms with Crippen LogP contribution in [0, 0.1) is 20.8 Å². The van der Waals surface area contributed by atoms with Crippen molar-refractivity contribution in [2.45, 2.75) is 20.8 Å². The van der Waals surface area contributed by atoms with E-state index >= 15 is 0 Å². The lowest BCUT2D eigenvalue weighted by Gasteiger charge is -2.10. The Hall–Kier alpha value is -1.41. The maximum absolute atomic E-state index is 5.81. The molecule has 0 bridgehead atoms. The van der Waals surface area contributed by atoms with Crippen molar-refractivity contribution in [1.82, 2.24) is 9.97 Å². The van der Waals surface area contributed by atoms with Crippen molar-refractivity contribution in [3.8, 4) is 11.3 Å². The largest absolute Gasteiger partial charge is 0.226 e. The number of benzene rings is 1. The smallest absolute Gasteiger partial charge is 0.222 e. The third-order valence-electron chi connectivity index (χ3n) is 2.56. The highest BCUT2D eigenvalue weighted by atomic mass is 35.5. The van der Waals surface area contributed by atoms with Gasteiger partial charge in [-0.15, -0.1) is 0 Å². The Bertz CT molecular complexity index is 512. The highest BCUT2D eigenvalue weighted by molar-refractivity contribution is 6.28.